The topological polar surface area (TPSA) is 66.5 Å². The van der Waals surface area contributed by atoms with E-state index in [1.165, 1.54) is 9.87 Å². The van der Waals surface area contributed by atoms with Crippen molar-refractivity contribution in [3.63, 3.8) is 0 Å². The average molecular weight is 479 g/mol. The van der Waals surface area contributed by atoms with Crippen molar-refractivity contribution in [3.05, 3.63) is 95.6 Å². The van der Waals surface area contributed by atoms with Crippen LogP contribution in [-0.4, -0.2) is 26.9 Å². The van der Waals surface area contributed by atoms with Crippen LogP contribution in [0.3, 0.4) is 0 Å². The number of hydrogen-bond donors (Lipinski definition) is 1. The third kappa shape index (κ3) is 6.26. The van der Waals surface area contributed by atoms with Gasteiger partial charge in [0, 0.05) is 6.04 Å². The molecule has 0 aliphatic carbocycles. The molecule has 1 amide bonds. The summed E-state index contributed by atoms with van der Waals surface area (Å²) < 4.78 is 28.3. The second-order valence-electron chi connectivity index (χ2n) is 9.59. The summed E-state index contributed by atoms with van der Waals surface area (Å²) in [6.07, 6.45) is 0.720. The molecule has 0 fully saturated rings. The number of rotatable bonds is 9. The molecule has 180 valence electrons. The Morgan fingerprint density at radius 3 is 2.00 bits per heavy atom. The Balaban J connectivity index is 1.83. The van der Waals surface area contributed by atoms with Crippen molar-refractivity contribution in [1.82, 2.24) is 5.32 Å². The van der Waals surface area contributed by atoms with Crippen LogP contribution in [0, 0.1) is 13.8 Å². The highest BCUT2D eigenvalue weighted by atomic mass is 32.2. The average Bonchev–Trinajstić information content (AvgIpc) is 2.77. The minimum absolute atomic E-state index is 0.136. The summed E-state index contributed by atoms with van der Waals surface area (Å²) in [4.78, 5) is 13.2. The first-order chi connectivity index (χ1) is 16.0. The number of hydrogen-bond acceptors (Lipinski definition) is 3. The van der Waals surface area contributed by atoms with E-state index in [0.29, 0.717) is 5.69 Å². The fraction of sp³-hybridized carbons (Fsp3) is 0.321. The molecule has 6 heteroatoms. The van der Waals surface area contributed by atoms with Crippen molar-refractivity contribution in [2.24, 2.45) is 0 Å². The maximum Gasteiger partial charge on any atom is 0.264 e. The maximum atomic E-state index is 13.5. The molecule has 1 N–H and O–H groups in total. The Kier molecular flexibility index (Phi) is 7.82. The van der Waals surface area contributed by atoms with Crippen molar-refractivity contribution in [3.8, 4) is 0 Å². The largest absolute Gasteiger partial charge is 0.352 e. The van der Waals surface area contributed by atoms with Gasteiger partial charge >= 0.3 is 0 Å². The van der Waals surface area contributed by atoms with Gasteiger partial charge in [-0.2, -0.15) is 0 Å². The van der Waals surface area contributed by atoms with Gasteiger partial charge in [-0.3, -0.25) is 9.10 Å². The summed E-state index contributed by atoms with van der Waals surface area (Å²) in [5.41, 5.74) is 3.40. The molecular weight excluding hydrogens is 444 g/mol. The zero-order valence-corrected chi connectivity index (χ0v) is 21.4. The van der Waals surface area contributed by atoms with Crippen LogP contribution in [0.5, 0.6) is 0 Å². The van der Waals surface area contributed by atoms with E-state index in [4.69, 9.17) is 0 Å². The van der Waals surface area contributed by atoms with Crippen molar-refractivity contribution < 1.29 is 13.2 Å². The molecule has 1 unspecified atom stereocenters. The van der Waals surface area contributed by atoms with Gasteiger partial charge in [0.1, 0.15) is 6.54 Å². The highest BCUT2D eigenvalue weighted by Gasteiger charge is 2.29. The summed E-state index contributed by atoms with van der Waals surface area (Å²) in [6, 6.07) is 23.8. The van der Waals surface area contributed by atoms with Crippen LogP contribution in [-0.2, 0) is 20.2 Å². The highest BCUT2D eigenvalue weighted by Crippen LogP contribution is 2.29. The van der Waals surface area contributed by atoms with Gasteiger partial charge in [-0.15, -0.1) is 0 Å². The number of anilines is 1. The summed E-state index contributed by atoms with van der Waals surface area (Å²) in [7, 11) is -3.92. The lowest BCUT2D eigenvalue weighted by molar-refractivity contribution is -0.120. The number of carbonyl (C=O) groups is 1. The predicted molar refractivity (Wildman–Crippen MR) is 139 cm³/mol. The number of carbonyl (C=O) groups excluding carboxylic acids is 1. The summed E-state index contributed by atoms with van der Waals surface area (Å²) in [6.45, 7) is 9.78. The smallest absolute Gasteiger partial charge is 0.264 e. The number of nitrogens with zero attached hydrogens (tertiary/aromatic N) is 1. The zero-order valence-electron chi connectivity index (χ0n) is 20.6. The van der Waals surface area contributed by atoms with Crippen molar-refractivity contribution in [2.45, 2.75) is 57.4 Å². The van der Waals surface area contributed by atoms with Gasteiger partial charge in [0.2, 0.25) is 5.91 Å². The molecule has 0 saturated heterocycles. The summed E-state index contributed by atoms with van der Waals surface area (Å²) in [5.74, 6) is -0.338. The monoisotopic (exact) mass is 478 g/mol. The first-order valence-corrected chi connectivity index (χ1v) is 12.9. The van der Waals surface area contributed by atoms with Gasteiger partial charge in [0.15, 0.2) is 0 Å². The molecule has 0 aliphatic rings. The lowest BCUT2D eigenvalue weighted by Gasteiger charge is -2.30. The van der Waals surface area contributed by atoms with Gasteiger partial charge in [0.05, 0.1) is 10.6 Å². The number of aryl methyl sites for hydroxylation is 2. The number of amides is 1. The fourth-order valence-electron chi connectivity index (χ4n) is 4.40. The number of benzene rings is 3. The molecule has 0 aliphatic heterocycles. The molecule has 3 aromatic rings. The standard InChI is InChI=1S/C28H34N2O3S/c1-21-16-22(2)18-25(17-21)30(34(32,33)26-14-10-7-11-15-26)20-27(31)29-23(3)19-28(4,5)24-12-8-6-9-13-24/h6-18,23H,19-20H2,1-5H3,(H,29,31). The van der Waals surface area contributed by atoms with Crippen LogP contribution in [0.4, 0.5) is 5.69 Å². The van der Waals surface area contributed by atoms with E-state index in [1.807, 2.05) is 45.0 Å². The number of nitrogens with one attached hydrogen (secondary N) is 1. The minimum atomic E-state index is -3.92. The van der Waals surface area contributed by atoms with Gasteiger partial charge in [-0.25, -0.2) is 8.42 Å². The lowest BCUT2D eigenvalue weighted by Crippen LogP contribution is -2.45. The van der Waals surface area contributed by atoms with E-state index < -0.39 is 10.0 Å². The SMILES string of the molecule is Cc1cc(C)cc(N(CC(=O)NC(C)CC(C)(C)c2ccccc2)S(=O)(=O)c2ccccc2)c1. The summed E-state index contributed by atoms with van der Waals surface area (Å²) >= 11 is 0. The van der Waals surface area contributed by atoms with Gasteiger partial charge < -0.3 is 5.32 Å². The predicted octanol–water partition coefficient (Wildman–Crippen LogP) is 5.37. The zero-order chi connectivity index (χ0) is 24.9. The van der Waals surface area contributed by atoms with E-state index in [0.717, 1.165) is 17.5 Å². The van der Waals surface area contributed by atoms with Crippen molar-refractivity contribution in [2.75, 3.05) is 10.8 Å². The van der Waals surface area contributed by atoms with Gasteiger partial charge in [-0.05, 0) is 73.6 Å². The highest BCUT2D eigenvalue weighted by molar-refractivity contribution is 7.92. The first kappa shape index (κ1) is 25.5. The normalized spacial score (nSPS) is 12.7. The molecule has 0 spiro atoms. The van der Waals surface area contributed by atoms with Crippen molar-refractivity contribution >= 4 is 21.6 Å². The van der Waals surface area contributed by atoms with Crippen LogP contribution < -0.4 is 9.62 Å². The van der Waals surface area contributed by atoms with Gasteiger partial charge in [-0.1, -0.05) is 68.4 Å². The Morgan fingerprint density at radius 1 is 0.912 bits per heavy atom. The quantitative estimate of drug-likeness (QED) is 0.450. The van der Waals surface area contributed by atoms with Crippen LogP contribution in [0.1, 0.15) is 43.9 Å². The Bertz CT molecular complexity index is 1200. The summed E-state index contributed by atoms with van der Waals surface area (Å²) in [5, 5.41) is 3.01. The Hall–Kier alpha value is -3.12. The van der Waals surface area contributed by atoms with Crippen LogP contribution in [0.25, 0.3) is 0 Å². The molecule has 34 heavy (non-hydrogen) atoms. The van der Waals surface area contributed by atoms with Gasteiger partial charge in [0.25, 0.3) is 10.0 Å². The molecule has 3 rings (SSSR count). The molecule has 0 aromatic heterocycles. The molecule has 0 bridgehead atoms. The van der Waals surface area contributed by atoms with Crippen LogP contribution in [0.2, 0.25) is 0 Å². The Labute approximate surface area is 203 Å². The maximum absolute atomic E-state index is 13.5. The lowest BCUT2D eigenvalue weighted by atomic mass is 9.79. The minimum Gasteiger partial charge on any atom is -0.352 e. The molecular formula is C28H34N2O3S. The second kappa shape index (κ2) is 10.4. The second-order valence-corrected chi connectivity index (χ2v) is 11.5. The molecule has 5 nitrogen and oxygen atoms in total. The third-order valence-electron chi connectivity index (χ3n) is 5.89. The molecule has 3 aromatic carbocycles. The first-order valence-electron chi connectivity index (χ1n) is 11.5. The van der Waals surface area contributed by atoms with E-state index >= 15 is 0 Å². The number of sulfonamides is 1. The van der Waals surface area contributed by atoms with E-state index in [1.54, 1.807) is 42.5 Å². The van der Waals surface area contributed by atoms with E-state index in [9.17, 15) is 13.2 Å². The van der Waals surface area contributed by atoms with Crippen LogP contribution in [0.15, 0.2) is 83.8 Å². The van der Waals surface area contributed by atoms with E-state index in [-0.39, 0.29) is 28.8 Å². The van der Waals surface area contributed by atoms with E-state index in [2.05, 4.69) is 31.3 Å². The third-order valence-corrected chi connectivity index (χ3v) is 7.68. The molecule has 1 atom stereocenters. The van der Waals surface area contributed by atoms with Crippen LogP contribution >= 0.6 is 0 Å². The molecule has 0 radical (unpaired) electrons. The Morgan fingerprint density at radius 2 is 1.44 bits per heavy atom. The molecule has 0 saturated carbocycles. The fourth-order valence-corrected chi connectivity index (χ4v) is 5.83. The molecule has 0 heterocycles. The van der Waals surface area contributed by atoms with Crippen molar-refractivity contribution in [1.29, 1.82) is 0 Å².